The number of hydrogen-bond acceptors (Lipinski definition) is 6. The Morgan fingerprint density at radius 2 is 1.44 bits per heavy atom. The van der Waals surface area contributed by atoms with Crippen molar-refractivity contribution in [1.29, 1.82) is 0 Å². The van der Waals surface area contributed by atoms with Crippen molar-refractivity contribution in [2.75, 3.05) is 6.54 Å². The molecule has 0 spiro atoms. The minimum Gasteiger partial charge on any atom is -0.330 e. The van der Waals surface area contributed by atoms with Crippen molar-refractivity contribution in [2.24, 2.45) is 0 Å². The Bertz CT molecular complexity index is 1440. The van der Waals surface area contributed by atoms with Crippen molar-refractivity contribution in [2.45, 2.75) is 13.1 Å². The summed E-state index contributed by atoms with van der Waals surface area (Å²) < 4.78 is 7.39. The lowest BCUT2D eigenvalue weighted by Crippen LogP contribution is -2.38. The molecule has 0 saturated heterocycles. The lowest BCUT2D eigenvalue weighted by molar-refractivity contribution is 0.0708. The van der Waals surface area contributed by atoms with E-state index in [1.165, 1.54) is 0 Å². The average Bonchev–Trinajstić information content (AvgIpc) is 3.56. The molecule has 0 radical (unpaired) electrons. The van der Waals surface area contributed by atoms with Crippen LogP contribution in [0.4, 0.5) is 0 Å². The summed E-state index contributed by atoms with van der Waals surface area (Å²) in [6, 6.07) is 27.4. The minimum absolute atomic E-state index is 0.0282. The Labute approximate surface area is 195 Å². The van der Waals surface area contributed by atoms with E-state index < -0.39 is 0 Å². The van der Waals surface area contributed by atoms with Gasteiger partial charge in [0.15, 0.2) is 5.82 Å². The van der Waals surface area contributed by atoms with Crippen molar-refractivity contribution in [3.8, 4) is 34.2 Å². The average molecular weight is 448 g/mol. The molecule has 0 aliphatic carbocycles. The molecule has 1 amide bonds. The molecule has 0 saturated carbocycles. The second-order valence-corrected chi connectivity index (χ2v) is 8.05. The summed E-state index contributed by atoms with van der Waals surface area (Å²) >= 11 is 0. The summed E-state index contributed by atoms with van der Waals surface area (Å²) in [5.74, 6) is 1.99. The fourth-order valence-electron chi connectivity index (χ4n) is 4.13. The lowest BCUT2D eigenvalue weighted by atomic mass is 10.0. The Morgan fingerprint density at radius 3 is 2.18 bits per heavy atom. The Hall–Kier alpha value is -4.59. The highest BCUT2D eigenvalue weighted by Gasteiger charge is 2.27. The van der Waals surface area contributed by atoms with Crippen LogP contribution in [-0.4, -0.2) is 42.3 Å². The highest BCUT2D eigenvalue weighted by atomic mass is 16.5. The summed E-state index contributed by atoms with van der Waals surface area (Å²) in [6.07, 6.45) is 0. The third-order valence-corrected chi connectivity index (χ3v) is 5.93. The first-order chi connectivity index (χ1) is 16.8. The van der Waals surface area contributed by atoms with Gasteiger partial charge in [0, 0.05) is 24.2 Å². The molecule has 0 unspecified atom stereocenters. The minimum atomic E-state index is -0.0282. The van der Waals surface area contributed by atoms with E-state index in [1.807, 2.05) is 77.4 Å². The summed E-state index contributed by atoms with van der Waals surface area (Å²) in [5.41, 5.74) is 3.72. The van der Waals surface area contributed by atoms with Gasteiger partial charge in [0.2, 0.25) is 11.6 Å². The topological polar surface area (TPSA) is 89.9 Å². The van der Waals surface area contributed by atoms with Crippen LogP contribution in [0.25, 0.3) is 34.2 Å². The number of benzene rings is 3. The smallest absolute Gasteiger partial charge is 0.296 e. The van der Waals surface area contributed by atoms with E-state index in [0.29, 0.717) is 48.6 Å². The molecule has 3 aromatic carbocycles. The van der Waals surface area contributed by atoms with Crippen LogP contribution < -0.4 is 0 Å². The first-order valence-electron chi connectivity index (χ1n) is 11.0. The van der Waals surface area contributed by atoms with E-state index in [4.69, 9.17) is 4.52 Å². The molecule has 166 valence electrons. The predicted octanol–water partition coefficient (Wildman–Crippen LogP) is 4.32. The van der Waals surface area contributed by atoms with Gasteiger partial charge < -0.3 is 14.0 Å². The number of aromatic nitrogens is 5. The van der Waals surface area contributed by atoms with E-state index >= 15 is 0 Å². The first kappa shape index (κ1) is 20.0. The van der Waals surface area contributed by atoms with Crippen LogP contribution in [0, 0.1) is 0 Å². The van der Waals surface area contributed by atoms with E-state index in [2.05, 4.69) is 32.5 Å². The molecular weight excluding hydrogens is 428 g/mol. The molecule has 34 heavy (non-hydrogen) atoms. The van der Waals surface area contributed by atoms with Crippen LogP contribution in [0.5, 0.6) is 0 Å². The fourth-order valence-corrected chi connectivity index (χ4v) is 4.13. The second kappa shape index (κ2) is 8.40. The van der Waals surface area contributed by atoms with E-state index in [1.54, 1.807) is 4.90 Å². The number of rotatable bonds is 4. The molecule has 8 nitrogen and oxygen atoms in total. The van der Waals surface area contributed by atoms with E-state index in [-0.39, 0.29) is 5.91 Å². The number of nitrogens with zero attached hydrogens (tertiary/aromatic N) is 6. The predicted molar refractivity (Wildman–Crippen MR) is 125 cm³/mol. The van der Waals surface area contributed by atoms with Gasteiger partial charge in [-0.2, -0.15) is 4.98 Å². The van der Waals surface area contributed by atoms with Crippen LogP contribution in [0.1, 0.15) is 16.2 Å². The van der Waals surface area contributed by atoms with Crippen molar-refractivity contribution in [3.05, 3.63) is 96.3 Å². The van der Waals surface area contributed by atoms with Crippen molar-refractivity contribution >= 4 is 5.91 Å². The number of hydrogen-bond donors (Lipinski definition) is 0. The maximum absolute atomic E-state index is 13.1. The Balaban J connectivity index is 1.19. The molecule has 0 bridgehead atoms. The van der Waals surface area contributed by atoms with Gasteiger partial charge in [-0.3, -0.25) is 4.79 Å². The molecule has 6 rings (SSSR count). The summed E-state index contributed by atoms with van der Waals surface area (Å²) in [5, 5.41) is 12.6. The third-order valence-electron chi connectivity index (χ3n) is 5.93. The third kappa shape index (κ3) is 3.65. The molecule has 8 heteroatoms. The summed E-state index contributed by atoms with van der Waals surface area (Å²) in [4.78, 5) is 19.4. The van der Waals surface area contributed by atoms with Crippen LogP contribution in [0.2, 0.25) is 0 Å². The van der Waals surface area contributed by atoms with Crippen molar-refractivity contribution < 1.29 is 9.32 Å². The van der Waals surface area contributed by atoms with Gasteiger partial charge in [-0.25, -0.2) is 0 Å². The molecule has 0 atom stereocenters. The molecule has 1 aliphatic rings. The van der Waals surface area contributed by atoms with Crippen LogP contribution in [-0.2, 0) is 13.1 Å². The lowest BCUT2D eigenvalue weighted by Gasteiger charge is -2.27. The molecule has 0 fully saturated rings. The summed E-state index contributed by atoms with van der Waals surface area (Å²) in [7, 11) is 0. The SMILES string of the molecule is O=C(c1ccc(-c2ccccc2)cc1)N1CCn2c(nnc2-c2nc(-c3ccccc3)no2)C1. The van der Waals surface area contributed by atoms with Gasteiger partial charge in [0.25, 0.3) is 11.8 Å². The van der Waals surface area contributed by atoms with Crippen molar-refractivity contribution in [1.82, 2.24) is 29.8 Å². The fraction of sp³-hybridized carbons (Fsp3) is 0.115. The molecular formula is C26H20N6O2. The van der Waals surface area contributed by atoms with Gasteiger partial charge in [0.1, 0.15) is 0 Å². The monoisotopic (exact) mass is 448 g/mol. The van der Waals surface area contributed by atoms with Gasteiger partial charge >= 0.3 is 0 Å². The van der Waals surface area contributed by atoms with Crippen molar-refractivity contribution in [3.63, 3.8) is 0 Å². The standard InChI is InChI=1S/C26H20N6O2/c33-26(21-13-11-19(12-14-21)18-7-3-1-4-8-18)31-15-16-32-22(17-31)28-29-24(32)25-27-23(30-34-25)20-9-5-2-6-10-20/h1-14H,15-17H2. The van der Waals surface area contributed by atoms with E-state index in [0.717, 1.165) is 16.7 Å². The second-order valence-electron chi connectivity index (χ2n) is 8.05. The van der Waals surface area contributed by atoms with Gasteiger partial charge in [-0.1, -0.05) is 78.0 Å². The zero-order valence-corrected chi connectivity index (χ0v) is 18.2. The van der Waals surface area contributed by atoms with Gasteiger partial charge in [-0.05, 0) is 23.3 Å². The maximum atomic E-state index is 13.1. The number of fused-ring (bicyclic) bond motifs is 1. The van der Waals surface area contributed by atoms with Gasteiger partial charge in [-0.15, -0.1) is 10.2 Å². The number of carbonyl (C=O) groups excluding carboxylic acids is 1. The molecule has 3 heterocycles. The maximum Gasteiger partial charge on any atom is 0.296 e. The molecule has 5 aromatic rings. The number of carbonyl (C=O) groups is 1. The number of amides is 1. The molecule has 0 N–H and O–H groups in total. The first-order valence-corrected chi connectivity index (χ1v) is 11.0. The van der Waals surface area contributed by atoms with Crippen LogP contribution >= 0.6 is 0 Å². The van der Waals surface area contributed by atoms with Crippen LogP contribution in [0.3, 0.4) is 0 Å². The molecule has 1 aliphatic heterocycles. The largest absolute Gasteiger partial charge is 0.330 e. The Kier molecular flexibility index (Phi) is 4.95. The quantitative estimate of drug-likeness (QED) is 0.407. The zero-order valence-electron chi connectivity index (χ0n) is 18.2. The van der Waals surface area contributed by atoms with E-state index in [9.17, 15) is 4.79 Å². The zero-order chi connectivity index (χ0) is 22.9. The Morgan fingerprint density at radius 1 is 0.765 bits per heavy atom. The van der Waals surface area contributed by atoms with Crippen LogP contribution in [0.15, 0.2) is 89.5 Å². The van der Waals surface area contributed by atoms with Gasteiger partial charge in [0.05, 0.1) is 6.54 Å². The summed E-state index contributed by atoms with van der Waals surface area (Å²) in [6.45, 7) is 1.46. The highest BCUT2D eigenvalue weighted by Crippen LogP contribution is 2.25. The molecule has 2 aromatic heterocycles. The highest BCUT2D eigenvalue weighted by molar-refractivity contribution is 5.94. The normalized spacial score (nSPS) is 13.0.